The maximum Gasteiger partial charge on any atom is 0.165 e. The molecule has 0 fully saturated rings. The molecular weight excluding hydrogens is 190 g/mol. The highest BCUT2D eigenvalue weighted by Gasteiger charge is 2.31. The van der Waals surface area contributed by atoms with Gasteiger partial charge in [0, 0.05) is 30.0 Å². The number of aromatic amines is 1. The summed E-state index contributed by atoms with van der Waals surface area (Å²) in [6.45, 7) is 0.120. The van der Waals surface area contributed by atoms with Crippen molar-refractivity contribution in [2.24, 2.45) is 5.92 Å². The zero-order chi connectivity index (χ0) is 10.4. The van der Waals surface area contributed by atoms with E-state index in [0.29, 0.717) is 6.42 Å². The van der Waals surface area contributed by atoms with Gasteiger partial charge in [0.2, 0.25) is 0 Å². The number of aromatic nitrogens is 1. The fourth-order valence-corrected chi connectivity index (χ4v) is 2.93. The van der Waals surface area contributed by atoms with Crippen molar-refractivity contribution >= 4 is 5.78 Å². The number of hydrogen-bond donors (Lipinski definition) is 2. The number of Topliss-reactive ketones (excluding diaryl/α,β-unsaturated/α-hetero) is 1. The average molecular weight is 205 g/mol. The summed E-state index contributed by atoms with van der Waals surface area (Å²) in [5.74, 6) is 0.360. The second-order valence-corrected chi connectivity index (χ2v) is 4.67. The van der Waals surface area contributed by atoms with Gasteiger partial charge < -0.3 is 10.1 Å². The molecule has 15 heavy (non-hydrogen) atoms. The van der Waals surface area contributed by atoms with Crippen molar-refractivity contribution in [1.29, 1.82) is 0 Å². The van der Waals surface area contributed by atoms with E-state index in [-0.39, 0.29) is 18.3 Å². The fourth-order valence-electron chi connectivity index (χ4n) is 2.93. The minimum atomic E-state index is 0.120. The molecule has 2 aliphatic carbocycles. The van der Waals surface area contributed by atoms with E-state index >= 15 is 0 Å². The van der Waals surface area contributed by atoms with Crippen LogP contribution in [0.3, 0.4) is 0 Å². The van der Waals surface area contributed by atoms with Gasteiger partial charge in [-0.15, -0.1) is 0 Å². The predicted molar refractivity (Wildman–Crippen MR) is 56.0 cm³/mol. The molecule has 1 aromatic heterocycles. The van der Waals surface area contributed by atoms with E-state index in [4.69, 9.17) is 5.11 Å². The third kappa shape index (κ3) is 1.26. The standard InChI is InChI=1S/C12H15NO2/c14-6-7-4-10-12(11(15)5-7)8-2-1-3-9(8)13-10/h7,13-14H,1-6H2. The summed E-state index contributed by atoms with van der Waals surface area (Å²) in [6.07, 6.45) is 4.67. The molecule has 3 rings (SSSR count). The molecule has 1 heterocycles. The first-order valence-electron chi connectivity index (χ1n) is 5.66. The van der Waals surface area contributed by atoms with E-state index in [0.717, 1.165) is 30.5 Å². The first kappa shape index (κ1) is 9.16. The molecule has 3 nitrogen and oxygen atoms in total. The summed E-state index contributed by atoms with van der Waals surface area (Å²) in [5.41, 5.74) is 4.58. The number of H-pyrrole nitrogens is 1. The first-order chi connectivity index (χ1) is 7.29. The molecule has 1 atom stereocenters. The predicted octanol–water partition coefficient (Wildman–Crippen LogP) is 1.24. The number of rotatable bonds is 1. The van der Waals surface area contributed by atoms with Crippen LogP contribution in [0.1, 0.15) is 40.2 Å². The van der Waals surface area contributed by atoms with Crippen LogP contribution in [0, 0.1) is 5.92 Å². The topological polar surface area (TPSA) is 53.1 Å². The molecule has 0 saturated carbocycles. The van der Waals surface area contributed by atoms with Gasteiger partial charge in [-0.1, -0.05) is 0 Å². The second-order valence-electron chi connectivity index (χ2n) is 4.67. The van der Waals surface area contributed by atoms with Crippen LogP contribution in [0.2, 0.25) is 0 Å². The van der Waals surface area contributed by atoms with E-state index in [1.807, 2.05) is 0 Å². The minimum Gasteiger partial charge on any atom is -0.396 e. The zero-order valence-corrected chi connectivity index (χ0v) is 8.68. The Morgan fingerprint density at radius 2 is 2.13 bits per heavy atom. The summed E-state index contributed by atoms with van der Waals surface area (Å²) >= 11 is 0. The molecule has 80 valence electrons. The van der Waals surface area contributed by atoms with Crippen molar-refractivity contribution < 1.29 is 9.90 Å². The van der Waals surface area contributed by atoms with E-state index in [1.54, 1.807) is 0 Å². The Bertz CT molecular complexity index is 420. The highest BCUT2D eigenvalue weighted by Crippen LogP contribution is 2.34. The lowest BCUT2D eigenvalue weighted by Gasteiger charge is -2.19. The number of carbonyl (C=O) groups is 1. The number of carbonyl (C=O) groups excluding carboxylic acids is 1. The lowest BCUT2D eigenvalue weighted by atomic mass is 9.85. The van der Waals surface area contributed by atoms with E-state index in [9.17, 15) is 4.79 Å². The Balaban J connectivity index is 2.06. The number of fused-ring (bicyclic) bond motifs is 3. The smallest absolute Gasteiger partial charge is 0.165 e. The van der Waals surface area contributed by atoms with Crippen LogP contribution < -0.4 is 0 Å². The van der Waals surface area contributed by atoms with Crippen molar-refractivity contribution in [3.05, 3.63) is 22.5 Å². The van der Waals surface area contributed by atoms with Crippen molar-refractivity contribution in [3.8, 4) is 0 Å². The number of aliphatic hydroxyl groups is 1. The van der Waals surface area contributed by atoms with E-state index < -0.39 is 0 Å². The number of hydrogen-bond acceptors (Lipinski definition) is 2. The largest absolute Gasteiger partial charge is 0.396 e. The molecule has 0 bridgehead atoms. The lowest BCUT2D eigenvalue weighted by Crippen LogP contribution is -2.22. The highest BCUT2D eigenvalue weighted by atomic mass is 16.3. The highest BCUT2D eigenvalue weighted by molar-refractivity contribution is 6.00. The van der Waals surface area contributed by atoms with Crippen molar-refractivity contribution in [2.75, 3.05) is 6.61 Å². The molecule has 3 heteroatoms. The van der Waals surface area contributed by atoms with Gasteiger partial charge >= 0.3 is 0 Å². The van der Waals surface area contributed by atoms with Crippen molar-refractivity contribution in [3.63, 3.8) is 0 Å². The van der Waals surface area contributed by atoms with Gasteiger partial charge in [-0.25, -0.2) is 0 Å². The lowest BCUT2D eigenvalue weighted by molar-refractivity contribution is 0.0917. The maximum absolute atomic E-state index is 11.9. The van der Waals surface area contributed by atoms with Crippen LogP contribution >= 0.6 is 0 Å². The fraction of sp³-hybridized carbons (Fsp3) is 0.583. The number of aryl methyl sites for hydroxylation is 1. The quantitative estimate of drug-likeness (QED) is 0.724. The Labute approximate surface area is 88.5 Å². The molecular formula is C12H15NO2. The Morgan fingerprint density at radius 3 is 2.93 bits per heavy atom. The SMILES string of the molecule is O=C1CC(CO)Cc2[nH]c3c(c21)CCC3. The number of nitrogens with one attached hydrogen (secondary N) is 1. The minimum absolute atomic E-state index is 0.120. The van der Waals surface area contributed by atoms with Crippen LogP contribution in [0.15, 0.2) is 0 Å². The summed E-state index contributed by atoms with van der Waals surface area (Å²) < 4.78 is 0. The van der Waals surface area contributed by atoms with Crippen LogP contribution in [0.5, 0.6) is 0 Å². The van der Waals surface area contributed by atoms with E-state index in [2.05, 4.69) is 4.98 Å². The van der Waals surface area contributed by atoms with Crippen LogP contribution in [0.4, 0.5) is 0 Å². The van der Waals surface area contributed by atoms with Gasteiger partial charge in [0.1, 0.15) is 0 Å². The first-order valence-corrected chi connectivity index (χ1v) is 5.66. The van der Waals surface area contributed by atoms with Crippen LogP contribution in [-0.4, -0.2) is 22.5 Å². The molecule has 2 aliphatic rings. The normalized spacial score (nSPS) is 24.1. The van der Waals surface area contributed by atoms with E-state index in [1.165, 1.54) is 17.7 Å². The summed E-state index contributed by atoms with van der Waals surface area (Å²) in [7, 11) is 0. The number of ketones is 1. The summed E-state index contributed by atoms with van der Waals surface area (Å²) in [6, 6.07) is 0. The van der Waals surface area contributed by atoms with Gasteiger partial charge in [0.15, 0.2) is 5.78 Å². The molecule has 2 N–H and O–H groups in total. The second kappa shape index (κ2) is 3.20. The van der Waals surface area contributed by atoms with Gasteiger partial charge in [0.05, 0.1) is 0 Å². The van der Waals surface area contributed by atoms with Crippen LogP contribution in [0.25, 0.3) is 0 Å². The Kier molecular flexibility index (Phi) is 1.96. The Hall–Kier alpha value is -1.09. The van der Waals surface area contributed by atoms with Crippen molar-refractivity contribution in [1.82, 2.24) is 4.98 Å². The molecule has 0 amide bonds. The average Bonchev–Trinajstić information content (AvgIpc) is 2.75. The van der Waals surface area contributed by atoms with Gasteiger partial charge in [-0.2, -0.15) is 0 Å². The molecule has 0 spiro atoms. The molecule has 0 saturated heterocycles. The molecule has 1 aromatic rings. The molecule has 0 aromatic carbocycles. The molecule has 0 aliphatic heterocycles. The third-order valence-corrected chi connectivity index (χ3v) is 3.63. The van der Waals surface area contributed by atoms with Gasteiger partial charge in [0.25, 0.3) is 0 Å². The third-order valence-electron chi connectivity index (χ3n) is 3.63. The molecule has 1 unspecified atom stereocenters. The maximum atomic E-state index is 11.9. The summed E-state index contributed by atoms with van der Waals surface area (Å²) in [4.78, 5) is 15.3. The summed E-state index contributed by atoms with van der Waals surface area (Å²) in [5, 5.41) is 9.12. The van der Waals surface area contributed by atoms with Crippen LogP contribution in [-0.2, 0) is 19.3 Å². The molecule has 0 radical (unpaired) electrons. The Morgan fingerprint density at radius 1 is 1.27 bits per heavy atom. The van der Waals surface area contributed by atoms with Gasteiger partial charge in [-0.3, -0.25) is 4.79 Å². The van der Waals surface area contributed by atoms with Gasteiger partial charge in [-0.05, 0) is 37.2 Å². The number of aliphatic hydroxyl groups excluding tert-OH is 1. The van der Waals surface area contributed by atoms with Crippen molar-refractivity contribution in [2.45, 2.75) is 32.1 Å². The zero-order valence-electron chi connectivity index (χ0n) is 8.68. The monoisotopic (exact) mass is 205 g/mol.